The second-order valence-electron chi connectivity index (χ2n) is 5.46. The molecule has 1 aliphatic heterocycles. The summed E-state index contributed by atoms with van der Waals surface area (Å²) in [5, 5.41) is 7.87. The van der Waals surface area contributed by atoms with Gasteiger partial charge in [-0.25, -0.2) is 0 Å². The third kappa shape index (κ3) is 2.50. The molecule has 1 aliphatic rings. The van der Waals surface area contributed by atoms with Crippen molar-refractivity contribution in [1.82, 2.24) is 9.78 Å². The van der Waals surface area contributed by atoms with Gasteiger partial charge < -0.3 is 10.2 Å². The van der Waals surface area contributed by atoms with Crippen LogP contribution in [0.5, 0.6) is 0 Å². The van der Waals surface area contributed by atoms with E-state index >= 15 is 0 Å². The third-order valence-electron chi connectivity index (χ3n) is 4.03. The maximum Gasteiger partial charge on any atom is 0.0654 e. The van der Waals surface area contributed by atoms with Crippen molar-refractivity contribution < 1.29 is 0 Å². The molecule has 0 bridgehead atoms. The molecule has 1 N–H and O–H groups in total. The van der Waals surface area contributed by atoms with E-state index in [0.717, 1.165) is 0 Å². The smallest absolute Gasteiger partial charge is 0.0654 e. The van der Waals surface area contributed by atoms with Gasteiger partial charge in [-0.1, -0.05) is 12.1 Å². The zero-order valence-electron chi connectivity index (χ0n) is 12.2. The highest BCUT2D eigenvalue weighted by atomic mass is 15.3. The Morgan fingerprint density at radius 2 is 1.90 bits per heavy atom. The largest absolute Gasteiger partial charge is 0.375 e. The number of benzene rings is 1. The van der Waals surface area contributed by atoms with Crippen LogP contribution >= 0.6 is 0 Å². The summed E-state index contributed by atoms with van der Waals surface area (Å²) < 4.78 is 1.93. The quantitative estimate of drug-likeness (QED) is 0.926. The van der Waals surface area contributed by atoms with Crippen LogP contribution in [0.2, 0.25) is 0 Å². The van der Waals surface area contributed by atoms with Gasteiger partial charge in [0.05, 0.1) is 23.1 Å². The Balaban J connectivity index is 1.82. The number of aromatic nitrogens is 2. The lowest BCUT2D eigenvalue weighted by Crippen LogP contribution is -2.20. The lowest BCUT2D eigenvalue weighted by atomic mass is 10.2. The summed E-state index contributed by atoms with van der Waals surface area (Å²) in [7, 11) is 1.99. The van der Waals surface area contributed by atoms with Gasteiger partial charge in [-0.3, -0.25) is 4.68 Å². The Kier molecular flexibility index (Phi) is 3.63. The number of aryl methyl sites for hydroxylation is 1. The normalized spacial score (nSPS) is 16.4. The van der Waals surface area contributed by atoms with Crippen LogP contribution in [0.25, 0.3) is 0 Å². The molecular formula is C16H22N4. The summed E-state index contributed by atoms with van der Waals surface area (Å²) in [6.45, 7) is 4.51. The van der Waals surface area contributed by atoms with Crippen molar-refractivity contribution in [3.8, 4) is 0 Å². The zero-order valence-corrected chi connectivity index (χ0v) is 12.2. The van der Waals surface area contributed by atoms with Crippen molar-refractivity contribution in [3.05, 3.63) is 42.2 Å². The van der Waals surface area contributed by atoms with Crippen molar-refractivity contribution >= 4 is 11.4 Å². The number of hydrogen-bond acceptors (Lipinski definition) is 3. The summed E-state index contributed by atoms with van der Waals surface area (Å²) in [6, 6.07) is 10.9. The summed E-state index contributed by atoms with van der Waals surface area (Å²) in [5.74, 6) is 0. The van der Waals surface area contributed by atoms with Gasteiger partial charge in [0.2, 0.25) is 0 Å². The first kappa shape index (κ1) is 13.0. The summed E-state index contributed by atoms with van der Waals surface area (Å²) in [6.07, 6.45) is 4.44. The molecule has 1 saturated heterocycles. The predicted octanol–water partition coefficient (Wildman–Crippen LogP) is 3.19. The van der Waals surface area contributed by atoms with Gasteiger partial charge in [-0.2, -0.15) is 5.10 Å². The molecule has 1 unspecified atom stereocenters. The Morgan fingerprint density at radius 1 is 1.15 bits per heavy atom. The minimum absolute atomic E-state index is 0.242. The SMILES string of the molecule is CC(Nc1ccccc1N1CCCC1)c1ccnn1C. The molecule has 0 spiro atoms. The minimum Gasteiger partial charge on any atom is -0.375 e. The van der Waals surface area contributed by atoms with Gasteiger partial charge in [-0.05, 0) is 38.0 Å². The van der Waals surface area contributed by atoms with Crippen LogP contribution in [0.3, 0.4) is 0 Å². The van der Waals surface area contributed by atoms with Crippen LogP contribution in [0.4, 0.5) is 11.4 Å². The molecule has 1 atom stereocenters. The van der Waals surface area contributed by atoms with E-state index < -0.39 is 0 Å². The number of para-hydroxylation sites is 2. The van der Waals surface area contributed by atoms with Gasteiger partial charge >= 0.3 is 0 Å². The highest BCUT2D eigenvalue weighted by molar-refractivity contribution is 5.70. The van der Waals surface area contributed by atoms with Crippen molar-refractivity contribution in [1.29, 1.82) is 0 Å². The highest BCUT2D eigenvalue weighted by Crippen LogP contribution is 2.31. The molecule has 1 aromatic heterocycles. The standard InChI is InChI=1S/C16H22N4/c1-13(15-9-10-17-19(15)2)18-14-7-3-4-8-16(14)20-11-5-6-12-20/h3-4,7-10,13,18H,5-6,11-12H2,1-2H3. The van der Waals surface area contributed by atoms with Gasteiger partial charge in [0.25, 0.3) is 0 Å². The molecule has 2 aromatic rings. The fourth-order valence-electron chi connectivity index (χ4n) is 2.95. The van der Waals surface area contributed by atoms with E-state index in [9.17, 15) is 0 Å². The summed E-state index contributed by atoms with van der Waals surface area (Å²) >= 11 is 0. The Morgan fingerprint density at radius 3 is 2.60 bits per heavy atom. The highest BCUT2D eigenvalue weighted by Gasteiger charge is 2.17. The number of anilines is 2. The van der Waals surface area contributed by atoms with Crippen molar-refractivity contribution in [2.75, 3.05) is 23.3 Å². The first-order valence-corrected chi connectivity index (χ1v) is 7.34. The molecule has 4 heteroatoms. The lowest BCUT2D eigenvalue weighted by molar-refractivity contribution is 0.675. The molecule has 0 saturated carbocycles. The van der Waals surface area contributed by atoms with Crippen LogP contribution in [0, 0.1) is 0 Å². The fourth-order valence-corrected chi connectivity index (χ4v) is 2.95. The Hall–Kier alpha value is -1.97. The van der Waals surface area contributed by atoms with Crippen LogP contribution in [0.15, 0.2) is 36.5 Å². The zero-order chi connectivity index (χ0) is 13.9. The summed E-state index contributed by atoms with van der Waals surface area (Å²) in [4.78, 5) is 2.47. The molecule has 4 nitrogen and oxygen atoms in total. The van der Waals surface area contributed by atoms with E-state index in [0.29, 0.717) is 0 Å². The van der Waals surface area contributed by atoms with Crippen LogP contribution in [0.1, 0.15) is 31.5 Å². The molecule has 0 amide bonds. The minimum atomic E-state index is 0.242. The molecular weight excluding hydrogens is 248 g/mol. The molecule has 20 heavy (non-hydrogen) atoms. The van der Waals surface area contributed by atoms with E-state index in [1.807, 2.05) is 17.9 Å². The van der Waals surface area contributed by atoms with Crippen LogP contribution < -0.4 is 10.2 Å². The number of nitrogens with one attached hydrogen (secondary N) is 1. The third-order valence-corrected chi connectivity index (χ3v) is 4.03. The summed E-state index contributed by atoms with van der Waals surface area (Å²) in [5.41, 5.74) is 3.73. The van der Waals surface area contributed by atoms with Gasteiger partial charge in [-0.15, -0.1) is 0 Å². The van der Waals surface area contributed by atoms with Gasteiger partial charge in [0.1, 0.15) is 0 Å². The van der Waals surface area contributed by atoms with E-state index in [1.165, 1.54) is 43.0 Å². The lowest BCUT2D eigenvalue weighted by Gasteiger charge is -2.24. The molecule has 2 heterocycles. The average Bonchev–Trinajstić information content (AvgIpc) is 3.10. The fraction of sp³-hybridized carbons (Fsp3) is 0.438. The van der Waals surface area contributed by atoms with E-state index in [-0.39, 0.29) is 6.04 Å². The van der Waals surface area contributed by atoms with E-state index in [1.54, 1.807) is 0 Å². The van der Waals surface area contributed by atoms with Crippen molar-refractivity contribution in [3.63, 3.8) is 0 Å². The number of nitrogens with zero attached hydrogens (tertiary/aromatic N) is 3. The average molecular weight is 270 g/mol. The maximum absolute atomic E-state index is 4.25. The first-order chi connectivity index (χ1) is 9.75. The number of hydrogen-bond donors (Lipinski definition) is 1. The maximum atomic E-state index is 4.25. The number of rotatable bonds is 4. The topological polar surface area (TPSA) is 33.1 Å². The second kappa shape index (κ2) is 5.57. The second-order valence-corrected chi connectivity index (χ2v) is 5.46. The van der Waals surface area contributed by atoms with Crippen molar-refractivity contribution in [2.45, 2.75) is 25.8 Å². The van der Waals surface area contributed by atoms with E-state index in [4.69, 9.17) is 0 Å². The first-order valence-electron chi connectivity index (χ1n) is 7.34. The monoisotopic (exact) mass is 270 g/mol. The van der Waals surface area contributed by atoms with E-state index in [2.05, 4.69) is 52.6 Å². The molecule has 1 aromatic carbocycles. The van der Waals surface area contributed by atoms with Gasteiger partial charge in [0.15, 0.2) is 0 Å². The predicted molar refractivity (Wildman–Crippen MR) is 83.1 cm³/mol. The molecule has 0 aliphatic carbocycles. The Labute approximate surface area is 120 Å². The van der Waals surface area contributed by atoms with Crippen LogP contribution in [-0.2, 0) is 7.05 Å². The van der Waals surface area contributed by atoms with Gasteiger partial charge in [0, 0.05) is 26.3 Å². The molecule has 0 radical (unpaired) electrons. The molecule has 1 fully saturated rings. The molecule has 106 valence electrons. The Bertz CT molecular complexity index is 569. The van der Waals surface area contributed by atoms with Crippen molar-refractivity contribution in [2.24, 2.45) is 7.05 Å². The van der Waals surface area contributed by atoms with Crippen LogP contribution in [-0.4, -0.2) is 22.9 Å². The molecule has 3 rings (SSSR count).